The summed E-state index contributed by atoms with van der Waals surface area (Å²) in [5.74, 6) is 1.43. The largest absolute Gasteiger partial charge is 0.307 e. The monoisotopic (exact) mass is 757 g/mol. The maximum Gasteiger partial charge on any atom is 0.160 e. The first-order valence-corrected chi connectivity index (χ1v) is 20.2. The van der Waals surface area contributed by atoms with Gasteiger partial charge in [0.2, 0.25) is 0 Å². The Balaban J connectivity index is 1.17. The van der Waals surface area contributed by atoms with Crippen LogP contribution in [0.25, 0.3) is 115 Å². The van der Waals surface area contributed by atoms with Gasteiger partial charge in [-0.2, -0.15) is 0 Å². The third kappa shape index (κ3) is 5.02. The van der Waals surface area contributed by atoms with Crippen molar-refractivity contribution in [1.29, 1.82) is 0 Å². The fraction of sp³-hybridized carbons (Fsp3) is 0. The van der Waals surface area contributed by atoms with Crippen molar-refractivity contribution in [3.05, 3.63) is 188 Å². The lowest BCUT2D eigenvalue weighted by atomic mass is 9.95. The highest BCUT2D eigenvalue weighted by Crippen LogP contribution is 2.50. The van der Waals surface area contributed by atoms with E-state index in [-0.39, 0.29) is 0 Å². The van der Waals surface area contributed by atoms with E-state index in [0.717, 1.165) is 45.2 Å². The molecule has 58 heavy (non-hydrogen) atoms. The van der Waals surface area contributed by atoms with Crippen molar-refractivity contribution >= 4 is 74.9 Å². The van der Waals surface area contributed by atoms with E-state index in [1.54, 1.807) is 0 Å². The number of rotatable bonds is 5. The molecule has 0 atom stereocenters. The van der Waals surface area contributed by atoms with E-state index in [1.165, 1.54) is 63.5 Å². The molecule has 4 heterocycles. The molecule has 8 aromatic carbocycles. The number of hydrogen-bond acceptors (Lipinski definition) is 5. The summed E-state index contributed by atoms with van der Waals surface area (Å²) in [4.78, 5) is 19.8. The maximum atomic E-state index is 5.14. The number of fused-ring (bicyclic) bond motifs is 12. The van der Waals surface area contributed by atoms with Crippen molar-refractivity contribution in [1.82, 2.24) is 24.5 Å². The zero-order chi connectivity index (χ0) is 38.2. The molecule has 0 fully saturated rings. The summed E-state index contributed by atoms with van der Waals surface area (Å²) in [5, 5.41) is 9.69. The highest BCUT2D eigenvalue weighted by Gasteiger charge is 2.25. The van der Waals surface area contributed by atoms with Gasteiger partial charge in [0.15, 0.2) is 11.6 Å². The minimum atomic E-state index is 0.701. The van der Waals surface area contributed by atoms with Crippen LogP contribution in [0.2, 0.25) is 0 Å². The number of nitrogens with zero attached hydrogens (tertiary/aromatic N) is 5. The number of hydrogen-bond donors (Lipinski definition) is 0. The van der Waals surface area contributed by atoms with Gasteiger partial charge in [0.1, 0.15) is 0 Å². The molecule has 6 heteroatoms. The molecule has 0 N–H and O–H groups in total. The fourth-order valence-corrected chi connectivity index (χ4v) is 10.0. The van der Waals surface area contributed by atoms with Gasteiger partial charge in [0, 0.05) is 72.0 Å². The van der Waals surface area contributed by atoms with E-state index in [9.17, 15) is 0 Å². The first kappa shape index (κ1) is 32.7. The van der Waals surface area contributed by atoms with Crippen LogP contribution in [0.5, 0.6) is 0 Å². The topological polar surface area (TPSA) is 56.5 Å². The highest BCUT2D eigenvalue weighted by atomic mass is 32.1. The van der Waals surface area contributed by atoms with Crippen LogP contribution in [-0.2, 0) is 0 Å². The molecule has 12 aromatic rings. The minimum Gasteiger partial charge on any atom is -0.307 e. The van der Waals surface area contributed by atoms with Crippen molar-refractivity contribution < 1.29 is 0 Å². The Morgan fingerprint density at radius 1 is 0.397 bits per heavy atom. The molecule has 0 aliphatic rings. The Kier molecular flexibility index (Phi) is 7.33. The molecule has 0 radical (unpaired) electrons. The molecule has 0 aliphatic heterocycles. The summed E-state index contributed by atoms with van der Waals surface area (Å²) in [7, 11) is 0. The second kappa shape index (κ2) is 13.0. The lowest BCUT2D eigenvalue weighted by molar-refractivity contribution is 1.17. The van der Waals surface area contributed by atoms with Crippen LogP contribution < -0.4 is 0 Å². The van der Waals surface area contributed by atoms with Crippen molar-refractivity contribution in [3.8, 4) is 51.0 Å². The van der Waals surface area contributed by atoms with Crippen LogP contribution in [0, 0.1) is 0 Å². The average molecular weight is 758 g/mol. The minimum absolute atomic E-state index is 0.701. The van der Waals surface area contributed by atoms with Crippen molar-refractivity contribution in [3.63, 3.8) is 0 Å². The van der Waals surface area contributed by atoms with Gasteiger partial charge in [0.25, 0.3) is 0 Å². The van der Waals surface area contributed by atoms with Crippen LogP contribution in [-0.4, -0.2) is 24.5 Å². The van der Waals surface area contributed by atoms with Gasteiger partial charge < -0.3 is 4.57 Å². The molecule has 270 valence electrons. The second-order valence-electron chi connectivity index (χ2n) is 14.6. The Labute approximate surface area is 337 Å². The Bertz CT molecular complexity index is 3480. The third-order valence-corrected chi connectivity index (χ3v) is 12.5. The molecular weight excluding hydrogens is 727 g/mol. The SMILES string of the molecule is c1ccc(-c2cc(-c3ccc(-n4c5c(cc(-c6ncccn6)c6c7ccccc7sc65)c5c6ccccc6c6ccccc6c54)cc3)nc(-c3ccccc3)n2)cc1. The van der Waals surface area contributed by atoms with E-state index in [1.807, 2.05) is 54.1 Å². The molecule has 12 rings (SSSR count). The smallest absolute Gasteiger partial charge is 0.160 e. The fourth-order valence-electron chi connectivity index (χ4n) is 8.76. The summed E-state index contributed by atoms with van der Waals surface area (Å²) in [6.07, 6.45) is 3.67. The molecular formula is C52H31N5S. The van der Waals surface area contributed by atoms with E-state index in [2.05, 4.69) is 150 Å². The molecule has 0 saturated heterocycles. The lowest BCUT2D eigenvalue weighted by Crippen LogP contribution is -1.97. The van der Waals surface area contributed by atoms with Gasteiger partial charge in [-0.05, 0) is 52.6 Å². The van der Waals surface area contributed by atoms with Crippen molar-refractivity contribution in [2.24, 2.45) is 0 Å². The average Bonchev–Trinajstić information content (AvgIpc) is 3.87. The van der Waals surface area contributed by atoms with E-state index in [4.69, 9.17) is 19.9 Å². The predicted molar refractivity (Wildman–Crippen MR) is 242 cm³/mol. The zero-order valence-electron chi connectivity index (χ0n) is 31.0. The van der Waals surface area contributed by atoms with E-state index >= 15 is 0 Å². The van der Waals surface area contributed by atoms with Crippen LogP contribution in [0.4, 0.5) is 0 Å². The first-order chi connectivity index (χ1) is 28.8. The maximum absolute atomic E-state index is 5.14. The summed E-state index contributed by atoms with van der Waals surface area (Å²) < 4.78 is 4.95. The van der Waals surface area contributed by atoms with Crippen molar-refractivity contribution in [2.45, 2.75) is 0 Å². The lowest BCUT2D eigenvalue weighted by Gasteiger charge is -2.14. The van der Waals surface area contributed by atoms with Gasteiger partial charge in [-0.15, -0.1) is 11.3 Å². The van der Waals surface area contributed by atoms with Crippen LogP contribution >= 0.6 is 11.3 Å². The second-order valence-corrected chi connectivity index (χ2v) is 15.6. The standard InChI is InChI=1S/C52H31N5S/c1-3-14-32(15-4-1)43-31-44(56-51(55-43)34-16-5-2-6-17-34)33-24-26-35(27-25-33)57-48-39-21-10-8-19-37(39)36-18-7-9-20-38(36)46(48)41-30-42(52-53-28-13-29-54-52)47-40-22-11-12-23-45(40)58-50(47)49(41)57/h1-31H. The van der Waals surface area contributed by atoms with Crippen LogP contribution in [0.3, 0.4) is 0 Å². The zero-order valence-corrected chi connectivity index (χ0v) is 31.9. The van der Waals surface area contributed by atoms with E-state index in [0.29, 0.717) is 5.82 Å². The summed E-state index contributed by atoms with van der Waals surface area (Å²) >= 11 is 1.84. The molecule has 0 amide bonds. The first-order valence-electron chi connectivity index (χ1n) is 19.4. The Morgan fingerprint density at radius 3 is 1.67 bits per heavy atom. The predicted octanol–water partition coefficient (Wildman–Crippen LogP) is 13.7. The summed E-state index contributed by atoms with van der Waals surface area (Å²) in [6.45, 7) is 0. The third-order valence-electron chi connectivity index (χ3n) is 11.3. The normalized spacial score (nSPS) is 11.8. The van der Waals surface area contributed by atoms with E-state index < -0.39 is 0 Å². The summed E-state index contributed by atoms with van der Waals surface area (Å²) in [6, 6.07) is 62.2. The molecule has 0 unspecified atom stereocenters. The Hall–Kier alpha value is -7.54. The van der Waals surface area contributed by atoms with Gasteiger partial charge >= 0.3 is 0 Å². The molecule has 4 aromatic heterocycles. The molecule has 0 bridgehead atoms. The Morgan fingerprint density at radius 2 is 0.966 bits per heavy atom. The van der Waals surface area contributed by atoms with Crippen molar-refractivity contribution in [2.75, 3.05) is 0 Å². The molecule has 5 nitrogen and oxygen atoms in total. The van der Waals surface area contributed by atoms with Crippen LogP contribution in [0.1, 0.15) is 0 Å². The number of benzene rings is 8. The number of thiophene rings is 1. The highest BCUT2D eigenvalue weighted by molar-refractivity contribution is 7.26. The molecule has 0 spiro atoms. The van der Waals surface area contributed by atoms with Gasteiger partial charge in [-0.3, -0.25) is 0 Å². The van der Waals surface area contributed by atoms with Gasteiger partial charge in [0.05, 0.1) is 27.1 Å². The quantitative estimate of drug-likeness (QED) is 0.164. The van der Waals surface area contributed by atoms with Gasteiger partial charge in [-0.1, -0.05) is 140 Å². The van der Waals surface area contributed by atoms with Crippen LogP contribution in [0.15, 0.2) is 188 Å². The van der Waals surface area contributed by atoms with Gasteiger partial charge in [-0.25, -0.2) is 19.9 Å². The number of aromatic nitrogens is 5. The molecule has 0 aliphatic carbocycles. The summed E-state index contributed by atoms with van der Waals surface area (Å²) in [5.41, 5.74) is 9.30. The molecule has 0 saturated carbocycles.